The lowest BCUT2D eigenvalue weighted by Gasteiger charge is -2.40. The summed E-state index contributed by atoms with van der Waals surface area (Å²) in [5.74, 6) is 1.41. The van der Waals surface area contributed by atoms with Gasteiger partial charge in [-0.3, -0.25) is 29.5 Å². The van der Waals surface area contributed by atoms with Crippen molar-refractivity contribution in [3.8, 4) is 22.6 Å². The molecule has 0 radical (unpaired) electrons. The number of benzene rings is 4. The predicted octanol–water partition coefficient (Wildman–Crippen LogP) is 11.2. The van der Waals surface area contributed by atoms with Crippen LogP contribution in [0.15, 0.2) is 95.5 Å². The molecule has 4 saturated heterocycles. The molecule has 4 bridgehead atoms. The summed E-state index contributed by atoms with van der Waals surface area (Å²) in [5.41, 5.74) is 6.56. The summed E-state index contributed by atoms with van der Waals surface area (Å²) < 4.78 is 30.7. The number of nitrogens with one attached hydrogen (secondary N) is 1. The lowest BCUT2D eigenvalue weighted by atomic mass is 9.94. The molecule has 6 aromatic rings. The summed E-state index contributed by atoms with van der Waals surface area (Å²) in [6, 6.07) is 31.3. The van der Waals surface area contributed by atoms with Crippen LogP contribution in [0.3, 0.4) is 0 Å². The number of hydrogen-bond acceptors (Lipinski definition) is 17. The molecule has 0 unspecified atom stereocenters. The van der Waals surface area contributed by atoms with Crippen molar-refractivity contribution in [2.45, 2.75) is 130 Å². The van der Waals surface area contributed by atoms with Gasteiger partial charge in [-0.1, -0.05) is 69.7 Å². The highest BCUT2D eigenvalue weighted by Gasteiger charge is 2.42. The molecule has 19 heteroatoms. The van der Waals surface area contributed by atoms with E-state index in [2.05, 4.69) is 63.7 Å². The van der Waals surface area contributed by atoms with Crippen LogP contribution in [0, 0.1) is 13.8 Å². The fourth-order valence-electron chi connectivity index (χ4n) is 12.9. The molecule has 4 fully saturated rings. The fourth-order valence-corrected chi connectivity index (χ4v) is 14.1. The van der Waals surface area contributed by atoms with Gasteiger partial charge in [-0.05, 0) is 164 Å². The number of carbonyl (C=O) groups is 4. The SMILES string of the molecule is CCOC(=O)CN1[C@@H]2CC[C@H]1CN(CCCOc1cccc(-c3ccc(N4CCc5cccc(C(=O)Nc6nc7ccccc7s6)c5C4)nc3C(=O)OC(C)(C)C)c1C)C2.CCOC(=O)CN1[C@@H]2CC[C@H]1CN(CCCOc1cccc(Br)c1C)C2. The highest BCUT2D eigenvalue weighted by Crippen LogP contribution is 2.37. The number of pyridine rings is 1. The zero-order valence-corrected chi connectivity index (χ0v) is 53.3. The summed E-state index contributed by atoms with van der Waals surface area (Å²) in [7, 11) is 0. The summed E-state index contributed by atoms with van der Waals surface area (Å²) >= 11 is 4.99. The van der Waals surface area contributed by atoms with Crippen LogP contribution in [0.4, 0.5) is 10.9 Å². The number of esters is 3. The van der Waals surface area contributed by atoms with Crippen LogP contribution in [-0.4, -0.2) is 168 Å². The number of nitrogens with zero attached hydrogens (tertiary/aromatic N) is 7. The van der Waals surface area contributed by atoms with Crippen LogP contribution < -0.4 is 19.7 Å². The highest BCUT2D eigenvalue weighted by atomic mass is 79.9. The zero-order valence-electron chi connectivity index (χ0n) is 50.9. The standard InChI is InChI=1S/C47H54N6O6S.C20H29BrN2O3/c1-6-57-42(54)29-53-32-18-19-33(53)27-51(26-32)23-11-25-58-39-16-10-13-34(30(39)2)35-20-21-41(49-43(35)45(56)59-47(3,4)5)52-24-22-31-12-9-14-36(37(31)28-52)44(55)50-46-48-38-15-7-8-17-40(38)60-46;1-3-25-20(24)14-23-16-8-9-17(23)13-22(12-16)10-5-11-26-19-7-4-6-18(21)15(19)2/h7-10,12-17,20-21,32-33H,6,11,18-19,22-29H2,1-5H3,(H,48,50,55);4,6-7,16-17H,3,5,8-14H2,1-2H3/t32-,33+;16-,17+. The molecule has 4 aromatic carbocycles. The minimum atomic E-state index is -0.727. The van der Waals surface area contributed by atoms with Gasteiger partial charge < -0.3 is 38.4 Å². The second kappa shape index (κ2) is 28.6. The van der Waals surface area contributed by atoms with E-state index in [0.29, 0.717) is 98.7 Å². The first-order chi connectivity index (χ1) is 41.5. The number of carbonyl (C=O) groups excluding carboxylic acids is 4. The van der Waals surface area contributed by atoms with Crippen LogP contribution in [0.25, 0.3) is 21.3 Å². The first kappa shape index (κ1) is 62.6. The van der Waals surface area contributed by atoms with Crippen molar-refractivity contribution in [1.29, 1.82) is 0 Å². The van der Waals surface area contributed by atoms with Crippen molar-refractivity contribution < 1.29 is 42.9 Å². The number of amides is 1. The molecular formula is C67H83BrN8O9S. The van der Waals surface area contributed by atoms with Gasteiger partial charge in [-0.15, -0.1) is 0 Å². The second-order valence-corrected chi connectivity index (χ2v) is 25.9. The van der Waals surface area contributed by atoms with Crippen LogP contribution in [0.1, 0.15) is 116 Å². The van der Waals surface area contributed by atoms with Gasteiger partial charge in [0, 0.05) is 97.7 Å². The van der Waals surface area contributed by atoms with Crippen molar-refractivity contribution in [3.05, 3.63) is 129 Å². The topological polar surface area (TPSA) is 168 Å². The smallest absolute Gasteiger partial charge is 0.358 e. The van der Waals surface area contributed by atoms with E-state index in [1.165, 1.54) is 24.2 Å². The Labute approximate surface area is 518 Å². The molecule has 0 spiro atoms. The number of likely N-dealkylation sites (tertiary alicyclic amines) is 2. The molecule has 7 heterocycles. The number of ether oxygens (including phenoxy) is 5. The number of halogens is 1. The lowest BCUT2D eigenvalue weighted by Crippen LogP contribution is -2.55. The van der Waals surface area contributed by atoms with Gasteiger partial charge >= 0.3 is 17.9 Å². The number of rotatable bonds is 21. The molecule has 2 aromatic heterocycles. The van der Waals surface area contributed by atoms with Crippen molar-refractivity contribution in [2.24, 2.45) is 0 Å². The minimum absolute atomic E-state index is 0.0874. The third-order valence-electron chi connectivity index (χ3n) is 17.0. The Kier molecular flexibility index (Phi) is 20.8. The summed E-state index contributed by atoms with van der Waals surface area (Å²) in [6.45, 7) is 23.4. The monoisotopic (exact) mass is 1250 g/mol. The minimum Gasteiger partial charge on any atom is -0.493 e. The number of piperazine rings is 2. The van der Waals surface area contributed by atoms with Gasteiger partial charge in [0.2, 0.25) is 0 Å². The Morgan fingerprint density at radius 3 is 1.85 bits per heavy atom. The number of aromatic nitrogens is 2. The van der Waals surface area contributed by atoms with E-state index >= 15 is 0 Å². The molecule has 1 N–H and O–H groups in total. The molecule has 0 saturated carbocycles. The lowest BCUT2D eigenvalue weighted by molar-refractivity contribution is -0.147. The maximum Gasteiger partial charge on any atom is 0.358 e. The van der Waals surface area contributed by atoms with Gasteiger partial charge in [-0.2, -0.15) is 0 Å². The van der Waals surface area contributed by atoms with Gasteiger partial charge in [0.1, 0.15) is 22.9 Å². The van der Waals surface area contributed by atoms with Gasteiger partial charge in [0.25, 0.3) is 5.91 Å². The average Bonchev–Trinajstić information content (AvgIpc) is 2.61. The molecule has 86 heavy (non-hydrogen) atoms. The van der Waals surface area contributed by atoms with Crippen molar-refractivity contribution in [3.63, 3.8) is 0 Å². The molecule has 0 aliphatic carbocycles. The van der Waals surface area contributed by atoms with E-state index < -0.39 is 11.6 Å². The second-order valence-electron chi connectivity index (χ2n) is 24.1. The van der Waals surface area contributed by atoms with E-state index in [1.807, 2.05) is 126 Å². The number of hydrogen-bond donors (Lipinski definition) is 1. The number of fused-ring (bicyclic) bond motifs is 6. The molecular weight excluding hydrogens is 1170 g/mol. The number of anilines is 2. The third kappa shape index (κ3) is 15.4. The molecule has 5 aliphatic heterocycles. The Morgan fingerprint density at radius 1 is 0.674 bits per heavy atom. The maximum atomic E-state index is 14.0. The number of thiazole rings is 1. The van der Waals surface area contributed by atoms with Crippen LogP contribution in [0.2, 0.25) is 0 Å². The Morgan fingerprint density at radius 2 is 1.26 bits per heavy atom. The van der Waals surface area contributed by atoms with E-state index in [-0.39, 0.29) is 23.5 Å². The van der Waals surface area contributed by atoms with Crippen molar-refractivity contribution in [2.75, 3.05) is 95.5 Å². The van der Waals surface area contributed by atoms with Gasteiger partial charge in [0.05, 0.1) is 49.7 Å². The summed E-state index contributed by atoms with van der Waals surface area (Å²) in [5, 5.41) is 3.58. The molecule has 17 nitrogen and oxygen atoms in total. The maximum absolute atomic E-state index is 14.0. The van der Waals surface area contributed by atoms with Crippen LogP contribution in [0.5, 0.6) is 11.5 Å². The normalized spacial score (nSPS) is 19.6. The van der Waals surface area contributed by atoms with E-state index in [0.717, 1.165) is 126 Å². The van der Waals surface area contributed by atoms with Gasteiger partial charge in [-0.25, -0.2) is 14.8 Å². The average molecular weight is 1260 g/mol. The molecule has 5 aliphatic rings. The predicted molar refractivity (Wildman–Crippen MR) is 341 cm³/mol. The van der Waals surface area contributed by atoms with E-state index in [1.54, 1.807) is 0 Å². The van der Waals surface area contributed by atoms with Crippen molar-refractivity contribution >= 4 is 72.2 Å². The van der Waals surface area contributed by atoms with E-state index in [9.17, 15) is 19.2 Å². The highest BCUT2D eigenvalue weighted by molar-refractivity contribution is 9.10. The summed E-state index contributed by atoms with van der Waals surface area (Å²) in [4.78, 5) is 73.1. The first-order valence-corrected chi connectivity index (χ1v) is 32.3. The quantitative estimate of drug-likeness (QED) is 0.0410. The molecule has 11 rings (SSSR count). The zero-order chi connectivity index (χ0) is 60.5. The summed E-state index contributed by atoms with van der Waals surface area (Å²) in [6.07, 6.45) is 7.20. The molecule has 4 atom stereocenters. The molecule has 458 valence electrons. The van der Waals surface area contributed by atoms with Crippen molar-refractivity contribution in [1.82, 2.24) is 29.6 Å². The first-order valence-electron chi connectivity index (χ1n) is 30.7. The van der Waals surface area contributed by atoms with Crippen LogP contribution >= 0.6 is 27.3 Å². The van der Waals surface area contributed by atoms with Gasteiger partial charge in [0.15, 0.2) is 10.8 Å². The number of para-hydroxylation sites is 1. The Balaban J connectivity index is 0.000000263. The molecule has 1 amide bonds. The van der Waals surface area contributed by atoms with E-state index in [4.69, 9.17) is 28.7 Å². The fraction of sp³-hybridized carbons (Fsp3) is 0.493. The largest absolute Gasteiger partial charge is 0.493 e. The van der Waals surface area contributed by atoms with Crippen LogP contribution in [-0.2, 0) is 36.8 Å². The third-order valence-corrected chi connectivity index (χ3v) is 18.8. The Bertz CT molecular complexity index is 3310. The Hall–Kier alpha value is -6.48.